The van der Waals surface area contributed by atoms with Crippen LogP contribution in [0, 0.1) is 11.8 Å². The van der Waals surface area contributed by atoms with Crippen LogP contribution in [0.25, 0.3) is 0 Å². The van der Waals surface area contributed by atoms with Crippen LogP contribution in [-0.2, 0) is 14.8 Å². The van der Waals surface area contributed by atoms with Gasteiger partial charge in [-0.05, 0) is 6.07 Å². The van der Waals surface area contributed by atoms with Crippen molar-refractivity contribution in [3.8, 4) is 11.8 Å². The maximum Gasteiger partial charge on any atom is 0.244 e. The van der Waals surface area contributed by atoms with Crippen LogP contribution >= 0.6 is 0 Å². The van der Waals surface area contributed by atoms with Crippen molar-refractivity contribution >= 4 is 10.0 Å². The Labute approximate surface area is 112 Å². The Morgan fingerprint density at radius 3 is 2.79 bits per heavy atom. The Bertz CT molecular complexity index is 598. The first-order chi connectivity index (χ1) is 9.14. The van der Waals surface area contributed by atoms with Gasteiger partial charge in [-0.15, -0.1) is 0 Å². The van der Waals surface area contributed by atoms with E-state index in [0.29, 0.717) is 31.9 Å². The number of nitrogens with zero attached hydrogens (tertiary/aromatic N) is 2. The first-order valence-corrected chi connectivity index (χ1v) is 7.21. The lowest BCUT2D eigenvalue weighted by Gasteiger charge is -2.25. The molecule has 0 atom stereocenters. The summed E-state index contributed by atoms with van der Waals surface area (Å²) in [7, 11) is -3.55. The third-order valence-electron chi connectivity index (χ3n) is 2.63. The molecule has 0 aromatic carbocycles. The standard InChI is InChI=1S/C12H14N2O4S/c15-5-1-2-11-8-12(10-13-9-11)19(16,17)14-3-6-18-7-4-14/h8-10,15H,3-7H2. The first kappa shape index (κ1) is 14.0. The molecule has 19 heavy (non-hydrogen) atoms. The summed E-state index contributed by atoms with van der Waals surface area (Å²) in [5, 5.41) is 8.63. The molecule has 0 unspecified atom stereocenters. The van der Waals surface area contributed by atoms with Gasteiger partial charge in [0.25, 0.3) is 0 Å². The second-order valence-corrected chi connectivity index (χ2v) is 5.82. The lowest BCUT2D eigenvalue weighted by atomic mass is 10.3. The molecule has 1 N–H and O–H groups in total. The van der Waals surface area contributed by atoms with Gasteiger partial charge in [-0.25, -0.2) is 8.42 Å². The third-order valence-corrected chi connectivity index (χ3v) is 4.50. The molecule has 1 aromatic rings. The first-order valence-electron chi connectivity index (χ1n) is 5.77. The summed E-state index contributed by atoms with van der Waals surface area (Å²) >= 11 is 0. The zero-order valence-corrected chi connectivity index (χ0v) is 11.1. The summed E-state index contributed by atoms with van der Waals surface area (Å²) in [5.74, 6) is 5.10. The van der Waals surface area contributed by atoms with Crippen LogP contribution in [0.2, 0.25) is 0 Å². The van der Waals surface area contributed by atoms with Crippen LogP contribution in [0.3, 0.4) is 0 Å². The number of hydrogen-bond acceptors (Lipinski definition) is 5. The molecule has 102 valence electrons. The fourth-order valence-corrected chi connectivity index (χ4v) is 3.10. The minimum absolute atomic E-state index is 0.110. The van der Waals surface area contributed by atoms with E-state index in [4.69, 9.17) is 9.84 Å². The quantitative estimate of drug-likeness (QED) is 0.736. The minimum Gasteiger partial charge on any atom is -0.384 e. The molecule has 1 aliphatic rings. The van der Waals surface area contributed by atoms with Crippen LogP contribution in [0.15, 0.2) is 23.4 Å². The van der Waals surface area contributed by atoms with Gasteiger partial charge in [0.05, 0.1) is 13.2 Å². The lowest BCUT2D eigenvalue weighted by molar-refractivity contribution is 0.0730. The fraction of sp³-hybridized carbons (Fsp3) is 0.417. The molecule has 1 fully saturated rings. The van der Waals surface area contributed by atoms with Gasteiger partial charge in [0, 0.05) is 31.0 Å². The second-order valence-electron chi connectivity index (χ2n) is 3.89. The number of morpholine rings is 1. The highest BCUT2D eigenvalue weighted by Crippen LogP contribution is 2.16. The molecular formula is C12H14N2O4S. The molecule has 7 heteroatoms. The Morgan fingerprint density at radius 2 is 2.11 bits per heavy atom. The number of pyridine rings is 1. The molecule has 1 aromatic heterocycles. The van der Waals surface area contributed by atoms with Crippen molar-refractivity contribution in [3.05, 3.63) is 24.0 Å². The van der Waals surface area contributed by atoms with Crippen molar-refractivity contribution in [2.45, 2.75) is 4.90 Å². The van der Waals surface area contributed by atoms with E-state index >= 15 is 0 Å². The average molecular weight is 282 g/mol. The van der Waals surface area contributed by atoms with Crippen molar-refractivity contribution in [2.24, 2.45) is 0 Å². The summed E-state index contributed by atoms with van der Waals surface area (Å²) < 4.78 is 31.2. The number of rotatable bonds is 2. The van der Waals surface area contributed by atoms with Gasteiger partial charge >= 0.3 is 0 Å². The van der Waals surface area contributed by atoms with Gasteiger partial charge in [-0.3, -0.25) is 4.98 Å². The summed E-state index contributed by atoms with van der Waals surface area (Å²) in [6.07, 6.45) is 2.76. The van der Waals surface area contributed by atoms with Crippen molar-refractivity contribution in [1.29, 1.82) is 0 Å². The molecule has 0 spiro atoms. The highest BCUT2D eigenvalue weighted by atomic mass is 32.2. The van der Waals surface area contributed by atoms with E-state index < -0.39 is 10.0 Å². The van der Waals surface area contributed by atoms with Crippen molar-refractivity contribution in [1.82, 2.24) is 9.29 Å². The number of ether oxygens (including phenoxy) is 1. The normalized spacial score (nSPS) is 16.7. The van der Waals surface area contributed by atoms with Gasteiger partial charge in [-0.2, -0.15) is 4.31 Å². The van der Waals surface area contributed by atoms with E-state index in [-0.39, 0.29) is 11.5 Å². The third kappa shape index (κ3) is 3.30. The Kier molecular flexibility index (Phi) is 4.50. The van der Waals surface area contributed by atoms with E-state index in [1.54, 1.807) is 0 Å². The van der Waals surface area contributed by atoms with Crippen molar-refractivity contribution in [3.63, 3.8) is 0 Å². The van der Waals surface area contributed by atoms with E-state index in [9.17, 15) is 8.42 Å². The second kappa shape index (κ2) is 6.12. The number of aromatic nitrogens is 1. The topological polar surface area (TPSA) is 79.7 Å². The lowest BCUT2D eigenvalue weighted by Crippen LogP contribution is -2.40. The Hall–Kier alpha value is -1.46. The van der Waals surface area contributed by atoms with Gasteiger partial charge < -0.3 is 9.84 Å². The van der Waals surface area contributed by atoms with Crippen molar-refractivity contribution in [2.75, 3.05) is 32.9 Å². The number of hydrogen-bond donors (Lipinski definition) is 1. The number of aliphatic hydroxyl groups excluding tert-OH is 1. The Balaban J connectivity index is 2.29. The predicted octanol–water partition coefficient (Wildman–Crippen LogP) is -0.554. The van der Waals surface area contributed by atoms with E-state index in [0.717, 1.165) is 0 Å². The van der Waals surface area contributed by atoms with Crippen molar-refractivity contribution < 1.29 is 18.3 Å². The highest BCUT2D eigenvalue weighted by Gasteiger charge is 2.26. The molecule has 1 aliphatic heterocycles. The maximum atomic E-state index is 12.3. The fourth-order valence-electron chi connectivity index (χ4n) is 1.71. The summed E-state index contributed by atoms with van der Waals surface area (Å²) in [5.41, 5.74) is 0.461. The molecule has 2 rings (SSSR count). The summed E-state index contributed by atoms with van der Waals surface area (Å²) in [6.45, 7) is 1.21. The molecule has 0 aliphatic carbocycles. The molecule has 1 saturated heterocycles. The van der Waals surface area contributed by atoms with Crippen LogP contribution < -0.4 is 0 Å². The molecule has 0 saturated carbocycles. The van der Waals surface area contributed by atoms with Gasteiger partial charge in [0.1, 0.15) is 11.5 Å². The summed E-state index contributed by atoms with van der Waals surface area (Å²) in [6, 6.07) is 1.46. The summed E-state index contributed by atoms with van der Waals surface area (Å²) in [4.78, 5) is 3.99. The van der Waals surface area contributed by atoms with E-state index in [2.05, 4.69) is 16.8 Å². The van der Waals surface area contributed by atoms with E-state index in [1.807, 2.05) is 0 Å². The largest absolute Gasteiger partial charge is 0.384 e. The van der Waals surface area contributed by atoms with Crippen LogP contribution in [-0.4, -0.2) is 55.7 Å². The maximum absolute atomic E-state index is 12.3. The van der Waals surface area contributed by atoms with Gasteiger partial charge in [0.15, 0.2) is 0 Å². The predicted molar refractivity (Wildman–Crippen MR) is 67.8 cm³/mol. The van der Waals surface area contributed by atoms with Gasteiger partial charge in [0.2, 0.25) is 10.0 Å². The van der Waals surface area contributed by atoms with E-state index in [1.165, 1.54) is 22.8 Å². The Morgan fingerprint density at radius 1 is 1.37 bits per heavy atom. The highest BCUT2D eigenvalue weighted by molar-refractivity contribution is 7.89. The average Bonchev–Trinajstić information content (AvgIpc) is 2.46. The number of sulfonamides is 1. The zero-order chi connectivity index (χ0) is 13.7. The number of aliphatic hydroxyl groups is 1. The zero-order valence-electron chi connectivity index (χ0n) is 10.2. The molecule has 6 nitrogen and oxygen atoms in total. The molecule has 0 bridgehead atoms. The molecule has 2 heterocycles. The molecular weight excluding hydrogens is 268 g/mol. The molecule has 0 radical (unpaired) electrons. The van der Waals surface area contributed by atoms with Crippen LogP contribution in [0.4, 0.5) is 0 Å². The molecule has 0 amide bonds. The SMILES string of the molecule is O=S(=O)(c1cncc(C#CCO)c1)N1CCOCC1. The minimum atomic E-state index is -3.55. The van der Waals surface area contributed by atoms with Crippen LogP contribution in [0.1, 0.15) is 5.56 Å². The smallest absolute Gasteiger partial charge is 0.244 e. The van der Waals surface area contributed by atoms with Crippen LogP contribution in [0.5, 0.6) is 0 Å². The monoisotopic (exact) mass is 282 g/mol. The van der Waals surface area contributed by atoms with Gasteiger partial charge in [-0.1, -0.05) is 11.8 Å².